The van der Waals surface area contributed by atoms with Crippen molar-refractivity contribution in [1.82, 2.24) is 10.2 Å². The molecule has 0 aliphatic carbocycles. The molecule has 5 rings (SSSR count). The summed E-state index contributed by atoms with van der Waals surface area (Å²) in [6, 6.07) is 10.3. The first-order valence-electron chi connectivity index (χ1n) is 8.67. The van der Waals surface area contributed by atoms with Crippen LogP contribution in [0.4, 0.5) is 0 Å². The molecule has 0 radical (unpaired) electrons. The van der Waals surface area contributed by atoms with Crippen molar-refractivity contribution in [3.8, 4) is 10.4 Å². The lowest BCUT2D eigenvalue weighted by atomic mass is 9.84. The Balaban J connectivity index is 1.54. The minimum Gasteiger partial charge on any atom is -0.347 e. The number of fused-ring (bicyclic) bond motifs is 3. The maximum atomic E-state index is 12.7. The van der Waals surface area contributed by atoms with E-state index < -0.39 is 10.0 Å². The Morgan fingerprint density at radius 3 is 2.54 bits per heavy atom. The van der Waals surface area contributed by atoms with Gasteiger partial charge in [0.2, 0.25) is 10.0 Å². The van der Waals surface area contributed by atoms with E-state index in [-0.39, 0.29) is 16.8 Å². The molecule has 26 heavy (non-hydrogen) atoms. The Morgan fingerprint density at radius 1 is 1.15 bits per heavy atom. The fourth-order valence-electron chi connectivity index (χ4n) is 3.89. The fraction of sp³-hybridized carbons (Fsp3) is 0.389. The third-order valence-corrected chi connectivity index (χ3v) is 7.35. The second kappa shape index (κ2) is 6.77. The smallest absolute Gasteiger partial charge is 0.261 e. The van der Waals surface area contributed by atoms with Crippen LogP contribution in [0.15, 0.2) is 41.3 Å². The molecule has 3 fully saturated rings. The maximum absolute atomic E-state index is 12.7. The predicted octanol–water partition coefficient (Wildman–Crippen LogP) is 1.89. The van der Waals surface area contributed by atoms with Crippen LogP contribution >= 0.6 is 11.3 Å². The first-order chi connectivity index (χ1) is 12.4. The number of sulfonamides is 1. The topological polar surface area (TPSA) is 92.5 Å². The quantitative estimate of drug-likeness (QED) is 0.832. The monoisotopic (exact) mass is 391 g/mol. The summed E-state index contributed by atoms with van der Waals surface area (Å²) in [6.45, 7) is 3.18. The van der Waals surface area contributed by atoms with Crippen LogP contribution in [0.2, 0.25) is 0 Å². The number of rotatable bonds is 4. The molecule has 6 nitrogen and oxygen atoms in total. The number of carbonyl (C=O) groups is 1. The van der Waals surface area contributed by atoms with E-state index >= 15 is 0 Å². The minimum atomic E-state index is -3.82. The first kappa shape index (κ1) is 17.7. The van der Waals surface area contributed by atoms with Gasteiger partial charge in [0, 0.05) is 23.0 Å². The van der Waals surface area contributed by atoms with Gasteiger partial charge in [-0.3, -0.25) is 4.79 Å². The van der Waals surface area contributed by atoms with Crippen LogP contribution in [0.3, 0.4) is 0 Å². The van der Waals surface area contributed by atoms with Crippen molar-refractivity contribution in [3.63, 3.8) is 0 Å². The minimum absolute atomic E-state index is 0.0752. The van der Waals surface area contributed by atoms with Gasteiger partial charge in [-0.05, 0) is 50.0 Å². The molecule has 3 aliphatic rings. The number of primary sulfonamides is 1. The van der Waals surface area contributed by atoms with E-state index in [1.807, 2.05) is 0 Å². The third-order valence-electron chi connectivity index (χ3n) is 5.26. The molecule has 0 saturated carbocycles. The number of nitrogens with zero attached hydrogens (tertiary/aromatic N) is 1. The van der Waals surface area contributed by atoms with Crippen molar-refractivity contribution in [1.29, 1.82) is 0 Å². The van der Waals surface area contributed by atoms with Gasteiger partial charge >= 0.3 is 0 Å². The third kappa shape index (κ3) is 3.42. The van der Waals surface area contributed by atoms with Gasteiger partial charge in [0.1, 0.15) is 0 Å². The molecule has 1 amide bonds. The van der Waals surface area contributed by atoms with E-state index in [0.717, 1.165) is 32.5 Å². The highest BCUT2D eigenvalue weighted by atomic mass is 32.2. The summed E-state index contributed by atoms with van der Waals surface area (Å²) in [5.74, 6) is 0.472. The molecule has 1 atom stereocenters. The van der Waals surface area contributed by atoms with Gasteiger partial charge in [0.25, 0.3) is 5.91 Å². The predicted molar refractivity (Wildman–Crippen MR) is 102 cm³/mol. The van der Waals surface area contributed by atoms with Crippen molar-refractivity contribution in [3.05, 3.63) is 41.3 Å². The van der Waals surface area contributed by atoms with Gasteiger partial charge in [-0.2, -0.15) is 0 Å². The largest absolute Gasteiger partial charge is 0.347 e. The van der Waals surface area contributed by atoms with Crippen LogP contribution in [0.1, 0.15) is 22.5 Å². The van der Waals surface area contributed by atoms with Crippen molar-refractivity contribution in [2.24, 2.45) is 11.1 Å². The number of hydrogen-bond donors (Lipinski definition) is 2. The van der Waals surface area contributed by atoms with Gasteiger partial charge in [-0.25, -0.2) is 13.6 Å². The molecular weight excluding hydrogens is 370 g/mol. The zero-order chi connectivity index (χ0) is 18.3. The van der Waals surface area contributed by atoms with Crippen LogP contribution in [0, 0.1) is 5.92 Å². The average molecular weight is 392 g/mol. The van der Waals surface area contributed by atoms with E-state index in [0.29, 0.717) is 21.2 Å². The molecule has 0 unspecified atom stereocenters. The summed E-state index contributed by atoms with van der Waals surface area (Å²) in [7, 11) is -3.82. The summed E-state index contributed by atoms with van der Waals surface area (Å²) in [5, 5.41) is 8.48. The molecule has 138 valence electrons. The van der Waals surface area contributed by atoms with Gasteiger partial charge in [0.05, 0.1) is 9.77 Å². The van der Waals surface area contributed by atoms with Crippen molar-refractivity contribution < 1.29 is 13.2 Å². The molecule has 3 N–H and O–H groups in total. The van der Waals surface area contributed by atoms with Gasteiger partial charge in [0.15, 0.2) is 0 Å². The normalized spacial score (nSPS) is 25.2. The highest BCUT2D eigenvalue weighted by Crippen LogP contribution is 2.33. The van der Waals surface area contributed by atoms with Gasteiger partial charge in [-0.1, -0.05) is 18.2 Å². The van der Waals surface area contributed by atoms with E-state index in [1.165, 1.54) is 17.4 Å². The molecule has 8 heteroatoms. The Labute approximate surface area is 157 Å². The number of carbonyl (C=O) groups excluding carboxylic acids is 1. The van der Waals surface area contributed by atoms with Crippen molar-refractivity contribution >= 4 is 27.3 Å². The lowest BCUT2D eigenvalue weighted by molar-refractivity contribution is 0.0622. The molecule has 2 bridgehead atoms. The Hall–Kier alpha value is -1.74. The highest BCUT2D eigenvalue weighted by Gasteiger charge is 2.35. The maximum Gasteiger partial charge on any atom is 0.261 e. The van der Waals surface area contributed by atoms with Crippen LogP contribution in [0.25, 0.3) is 10.4 Å². The number of benzene rings is 1. The van der Waals surface area contributed by atoms with Crippen LogP contribution in [0.5, 0.6) is 0 Å². The fourth-order valence-corrected chi connectivity index (χ4v) is 5.66. The van der Waals surface area contributed by atoms with Crippen LogP contribution < -0.4 is 10.5 Å². The van der Waals surface area contributed by atoms with Gasteiger partial charge < -0.3 is 10.2 Å². The molecule has 0 spiro atoms. The summed E-state index contributed by atoms with van der Waals surface area (Å²) in [5.41, 5.74) is 0.530. The number of amides is 1. The van der Waals surface area contributed by atoms with Crippen molar-refractivity contribution in [2.45, 2.75) is 23.8 Å². The Kier molecular flexibility index (Phi) is 4.60. The second-order valence-corrected chi connectivity index (χ2v) is 9.54. The zero-order valence-electron chi connectivity index (χ0n) is 14.2. The standard InChI is InChI=1S/C18H21N3O3S2/c19-26(23,24)17-4-2-1-3-13(17)15-5-6-16(25-15)18(22)20-14-11-21-9-7-12(14)8-10-21/h1-6,12,14H,7-11H2,(H,20,22)(H2,19,23,24)/t14-/m0/s1. The summed E-state index contributed by atoms with van der Waals surface area (Å²) in [4.78, 5) is 16.4. The Morgan fingerprint density at radius 2 is 1.88 bits per heavy atom. The van der Waals surface area contributed by atoms with Crippen molar-refractivity contribution in [2.75, 3.05) is 19.6 Å². The number of thiophene rings is 1. The van der Waals surface area contributed by atoms with Gasteiger partial charge in [-0.15, -0.1) is 11.3 Å². The summed E-state index contributed by atoms with van der Waals surface area (Å²) < 4.78 is 23.6. The molecule has 4 heterocycles. The SMILES string of the molecule is NS(=O)(=O)c1ccccc1-c1ccc(C(=O)N[C@H]2CN3CCC2CC3)s1. The van der Waals surface area contributed by atoms with E-state index in [4.69, 9.17) is 5.14 Å². The molecule has 3 saturated heterocycles. The summed E-state index contributed by atoms with van der Waals surface area (Å²) in [6.07, 6.45) is 2.28. The molecular formula is C18H21N3O3S2. The molecule has 2 aromatic rings. The molecule has 3 aliphatic heterocycles. The number of piperidine rings is 3. The summed E-state index contributed by atoms with van der Waals surface area (Å²) >= 11 is 1.29. The first-order valence-corrected chi connectivity index (χ1v) is 11.0. The Bertz CT molecular complexity index is 931. The second-order valence-electron chi connectivity index (χ2n) is 6.92. The van der Waals surface area contributed by atoms with Crippen LogP contribution in [-0.2, 0) is 10.0 Å². The van der Waals surface area contributed by atoms with E-state index in [1.54, 1.807) is 30.3 Å². The molecule has 1 aromatic carbocycles. The molecule has 1 aromatic heterocycles. The highest BCUT2D eigenvalue weighted by molar-refractivity contribution is 7.89. The van der Waals surface area contributed by atoms with E-state index in [9.17, 15) is 13.2 Å². The van der Waals surface area contributed by atoms with Crippen LogP contribution in [-0.4, -0.2) is 44.9 Å². The number of nitrogens with one attached hydrogen (secondary N) is 1. The zero-order valence-corrected chi connectivity index (χ0v) is 15.9. The van der Waals surface area contributed by atoms with E-state index in [2.05, 4.69) is 10.2 Å². The number of nitrogens with two attached hydrogens (primary N) is 1. The number of hydrogen-bond acceptors (Lipinski definition) is 5. The lowest BCUT2D eigenvalue weighted by Crippen LogP contribution is -2.57. The lowest BCUT2D eigenvalue weighted by Gasteiger charge is -2.44. The average Bonchev–Trinajstić information content (AvgIpc) is 3.12.